The molecule has 1 amide bonds. The van der Waals surface area contributed by atoms with E-state index in [1.807, 2.05) is 53.4 Å². The summed E-state index contributed by atoms with van der Waals surface area (Å²) in [6.07, 6.45) is 3.26. The molecule has 0 saturated carbocycles. The highest BCUT2D eigenvalue weighted by molar-refractivity contribution is 5.94. The van der Waals surface area contributed by atoms with E-state index in [1.165, 1.54) is 7.11 Å². The van der Waals surface area contributed by atoms with Gasteiger partial charge in [0.1, 0.15) is 6.10 Å². The number of amides is 1. The minimum Gasteiger partial charge on any atom is -0.370 e. The molecule has 0 aliphatic rings. The normalized spacial score (nSPS) is 12.1. The van der Waals surface area contributed by atoms with E-state index in [2.05, 4.69) is 5.32 Å². The van der Waals surface area contributed by atoms with Crippen molar-refractivity contribution < 1.29 is 9.53 Å². The van der Waals surface area contributed by atoms with Crippen molar-refractivity contribution in [3.8, 4) is 5.69 Å². The third kappa shape index (κ3) is 3.21. The average Bonchev–Trinajstić information content (AvgIpc) is 2.94. The molecule has 1 heterocycles. The third-order valence-electron chi connectivity index (χ3n) is 2.81. The van der Waals surface area contributed by atoms with Crippen LogP contribution in [0.25, 0.3) is 5.69 Å². The van der Waals surface area contributed by atoms with Crippen LogP contribution >= 0.6 is 0 Å². The number of carbonyl (C=O) groups is 1. The molecule has 5 nitrogen and oxygen atoms in total. The van der Waals surface area contributed by atoms with Crippen LogP contribution < -0.4 is 11.1 Å². The molecule has 1 unspecified atom stereocenters. The number of carbonyl (C=O) groups excluding carboxylic acids is 1. The van der Waals surface area contributed by atoms with Gasteiger partial charge in [0.15, 0.2) is 0 Å². The number of aromatic nitrogens is 1. The largest absolute Gasteiger partial charge is 0.370 e. The first-order valence-corrected chi connectivity index (χ1v) is 6.01. The third-order valence-corrected chi connectivity index (χ3v) is 2.81. The second-order valence-corrected chi connectivity index (χ2v) is 4.09. The van der Waals surface area contributed by atoms with E-state index in [0.29, 0.717) is 5.69 Å². The van der Waals surface area contributed by atoms with Crippen LogP contribution in [-0.4, -0.2) is 30.2 Å². The van der Waals surface area contributed by atoms with Crippen LogP contribution in [0.1, 0.15) is 0 Å². The Balaban J connectivity index is 2.14. The van der Waals surface area contributed by atoms with E-state index in [9.17, 15) is 4.79 Å². The van der Waals surface area contributed by atoms with Gasteiger partial charge in [-0.15, -0.1) is 0 Å². The van der Waals surface area contributed by atoms with E-state index in [0.717, 1.165) is 5.69 Å². The first-order valence-electron chi connectivity index (χ1n) is 6.01. The van der Waals surface area contributed by atoms with Crippen LogP contribution in [0.3, 0.4) is 0 Å². The van der Waals surface area contributed by atoms with Crippen molar-refractivity contribution in [2.75, 3.05) is 19.0 Å². The number of methoxy groups -OCH3 is 1. The van der Waals surface area contributed by atoms with Gasteiger partial charge in [0, 0.05) is 37.4 Å². The molecular weight excluding hydrogens is 242 g/mol. The molecule has 2 aromatic rings. The van der Waals surface area contributed by atoms with E-state index < -0.39 is 6.10 Å². The second kappa shape index (κ2) is 6.17. The topological polar surface area (TPSA) is 69.3 Å². The van der Waals surface area contributed by atoms with E-state index in [4.69, 9.17) is 10.5 Å². The summed E-state index contributed by atoms with van der Waals surface area (Å²) >= 11 is 0. The van der Waals surface area contributed by atoms with Gasteiger partial charge in [-0.1, -0.05) is 6.07 Å². The fraction of sp³-hybridized carbons (Fsp3) is 0.214. The molecule has 0 spiro atoms. The zero-order chi connectivity index (χ0) is 13.7. The zero-order valence-electron chi connectivity index (χ0n) is 10.7. The van der Waals surface area contributed by atoms with Gasteiger partial charge in [0.05, 0.1) is 0 Å². The second-order valence-electron chi connectivity index (χ2n) is 4.09. The Morgan fingerprint density at radius 2 is 2.11 bits per heavy atom. The molecule has 100 valence electrons. The van der Waals surface area contributed by atoms with Gasteiger partial charge in [0.2, 0.25) is 0 Å². The lowest BCUT2D eigenvalue weighted by molar-refractivity contribution is -0.125. The van der Waals surface area contributed by atoms with Gasteiger partial charge in [-0.3, -0.25) is 4.79 Å². The number of nitrogens with zero attached hydrogens (tertiary/aromatic N) is 1. The van der Waals surface area contributed by atoms with Gasteiger partial charge >= 0.3 is 0 Å². The Labute approximate surface area is 112 Å². The number of ether oxygens (including phenoxy) is 1. The van der Waals surface area contributed by atoms with Crippen molar-refractivity contribution >= 4 is 11.6 Å². The summed E-state index contributed by atoms with van der Waals surface area (Å²) in [5.41, 5.74) is 7.15. The highest BCUT2D eigenvalue weighted by atomic mass is 16.5. The SMILES string of the molecule is COC(CN)C(=O)Nc1cccc(-n2cccc2)c1. The molecule has 0 aliphatic carbocycles. The van der Waals surface area contributed by atoms with Crippen LogP contribution in [0.2, 0.25) is 0 Å². The maximum Gasteiger partial charge on any atom is 0.254 e. The number of nitrogens with one attached hydrogen (secondary N) is 1. The first-order chi connectivity index (χ1) is 9.24. The van der Waals surface area contributed by atoms with Crippen molar-refractivity contribution in [2.45, 2.75) is 6.10 Å². The van der Waals surface area contributed by atoms with Crippen LogP contribution in [0, 0.1) is 0 Å². The smallest absolute Gasteiger partial charge is 0.254 e. The molecule has 2 rings (SSSR count). The Morgan fingerprint density at radius 1 is 1.37 bits per heavy atom. The van der Waals surface area contributed by atoms with Crippen molar-refractivity contribution in [2.24, 2.45) is 5.73 Å². The molecule has 5 heteroatoms. The predicted octanol–water partition coefficient (Wildman–Crippen LogP) is 1.39. The molecular formula is C14H17N3O2. The molecule has 0 radical (unpaired) electrons. The number of nitrogens with two attached hydrogens (primary N) is 1. The molecule has 0 aliphatic heterocycles. The van der Waals surface area contributed by atoms with Crippen molar-refractivity contribution in [3.63, 3.8) is 0 Å². The quantitative estimate of drug-likeness (QED) is 0.852. The molecule has 1 atom stereocenters. The lowest BCUT2D eigenvalue weighted by atomic mass is 10.2. The van der Waals surface area contributed by atoms with Crippen molar-refractivity contribution in [1.82, 2.24) is 4.57 Å². The molecule has 0 fully saturated rings. The Bertz CT molecular complexity index is 533. The predicted molar refractivity (Wildman–Crippen MR) is 74.3 cm³/mol. The summed E-state index contributed by atoms with van der Waals surface area (Å²) in [7, 11) is 1.47. The maximum atomic E-state index is 11.8. The van der Waals surface area contributed by atoms with Gasteiger partial charge < -0.3 is 20.4 Å². The highest BCUT2D eigenvalue weighted by Crippen LogP contribution is 2.15. The summed E-state index contributed by atoms with van der Waals surface area (Å²) in [5, 5.41) is 2.79. The lowest BCUT2D eigenvalue weighted by Gasteiger charge is -2.13. The number of hydrogen-bond acceptors (Lipinski definition) is 3. The van der Waals surface area contributed by atoms with Crippen molar-refractivity contribution in [3.05, 3.63) is 48.8 Å². The summed E-state index contributed by atoms with van der Waals surface area (Å²) in [4.78, 5) is 11.8. The number of benzene rings is 1. The molecule has 0 bridgehead atoms. The molecule has 3 N–H and O–H groups in total. The van der Waals surface area contributed by atoms with Crippen LogP contribution in [0.4, 0.5) is 5.69 Å². The van der Waals surface area contributed by atoms with Crippen LogP contribution in [0.5, 0.6) is 0 Å². The molecule has 1 aromatic heterocycles. The lowest BCUT2D eigenvalue weighted by Crippen LogP contribution is -2.35. The van der Waals surface area contributed by atoms with Gasteiger partial charge in [-0.25, -0.2) is 0 Å². The number of rotatable bonds is 5. The monoisotopic (exact) mass is 259 g/mol. The van der Waals surface area contributed by atoms with Crippen LogP contribution in [-0.2, 0) is 9.53 Å². The maximum absolute atomic E-state index is 11.8. The average molecular weight is 259 g/mol. The minimum atomic E-state index is -0.629. The Hall–Kier alpha value is -2.11. The standard InChI is InChI=1S/C14H17N3O2/c1-19-13(10-15)14(18)16-11-5-4-6-12(9-11)17-7-2-3-8-17/h2-9,13H,10,15H2,1H3,(H,16,18). The molecule has 0 saturated heterocycles. The highest BCUT2D eigenvalue weighted by Gasteiger charge is 2.15. The van der Waals surface area contributed by atoms with Crippen LogP contribution in [0.15, 0.2) is 48.8 Å². The van der Waals surface area contributed by atoms with Crippen molar-refractivity contribution in [1.29, 1.82) is 0 Å². The first kappa shape index (κ1) is 13.3. The Kier molecular flexibility index (Phi) is 4.33. The zero-order valence-corrected chi connectivity index (χ0v) is 10.7. The summed E-state index contributed by atoms with van der Waals surface area (Å²) < 4.78 is 6.96. The van der Waals surface area contributed by atoms with Gasteiger partial charge in [0.25, 0.3) is 5.91 Å². The summed E-state index contributed by atoms with van der Waals surface area (Å²) in [6, 6.07) is 11.5. The van der Waals surface area contributed by atoms with Gasteiger partial charge in [-0.05, 0) is 30.3 Å². The summed E-state index contributed by atoms with van der Waals surface area (Å²) in [5.74, 6) is -0.241. The molecule has 19 heavy (non-hydrogen) atoms. The van der Waals surface area contributed by atoms with E-state index in [-0.39, 0.29) is 12.5 Å². The number of hydrogen-bond donors (Lipinski definition) is 2. The van der Waals surface area contributed by atoms with E-state index >= 15 is 0 Å². The Morgan fingerprint density at radius 3 is 2.74 bits per heavy atom. The fourth-order valence-electron chi connectivity index (χ4n) is 1.78. The summed E-state index contributed by atoms with van der Waals surface area (Å²) in [6.45, 7) is 0.152. The van der Waals surface area contributed by atoms with Gasteiger partial charge in [-0.2, -0.15) is 0 Å². The van der Waals surface area contributed by atoms with E-state index in [1.54, 1.807) is 0 Å². The minimum absolute atomic E-state index is 0.152. The molecule has 1 aromatic carbocycles. The number of anilines is 1. The fourth-order valence-corrected chi connectivity index (χ4v) is 1.78.